The number of alkyl halides is 1. The molecule has 0 spiro atoms. The number of carbonyl (C=O) groups excluding carboxylic acids is 1. The Balaban J connectivity index is 1.61. The minimum Gasteiger partial charge on any atom is -0.485 e. The first-order valence-corrected chi connectivity index (χ1v) is 7.56. The molecule has 0 radical (unpaired) electrons. The van der Waals surface area contributed by atoms with Gasteiger partial charge in [0.2, 0.25) is 6.10 Å². The molecule has 1 saturated carbocycles. The molecule has 1 heterocycles. The van der Waals surface area contributed by atoms with Gasteiger partial charge >= 0.3 is 0 Å². The van der Waals surface area contributed by atoms with Gasteiger partial charge in [-0.05, 0) is 30.9 Å². The van der Waals surface area contributed by atoms with Crippen LogP contribution in [-0.2, 0) is 4.79 Å². The first kappa shape index (κ1) is 13.6. The number of hydrogen-bond donors (Lipinski definition) is 1. The fourth-order valence-electron chi connectivity index (χ4n) is 2.84. The lowest BCUT2D eigenvalue weighted by atomic mass is 10.1. The van der Waals surface area contributed by atoms with Crippen LogP contribution in [-0.4, -0.2) is 30.5 Å². The number of carbonyl (C=O) groups is 1. The summed E-state index contributed by atoms with van der Waals surface area (Å²) >= 11 is 5.93. The lowest BCUT2D eigenvalue weighted by Gasteiger charge is -2.27. The fourth-order valence-corrected chi connectivity index (χ4v) is 3.21. The molecule has 0 aromatic heterocycles. The van der Waals surface area contributed by atoms with E-state index in [2.05, 4.69) is 5.32 Å². The number of para-hydroxylation sites is 2. The summed E-state index contributed by atoms with van der Waals surface area (Å²) in [7, 11) is 0. The Morgan fingerprint density at radius 3 is 2.90 bits per heavy atom. The van der Waals surface area contributed by atoms with Gasteiger partial charge in [0.15, 0.2) is 11.5 Å². The van der Waals surface area contributed by atoms with Crippen LogP contribution in [0.4, 0.5) is 0 Å². The summed E-state index contributed by atoms with van der Waals surface area (Å²) < 4.78 is 11.3. The molecule has 0 saturated heterocycles. The Bertz CT molecular complexity index is 494. The van der Waals surface area contributed by atoms with Gasteiger partial charge in [-0.15, -0.1) is 11.6 Å². The van der Waals surface area contributed by atoms with Crippen molar-refractivity contribution >= 4 is 17.5 Å². The molecule has 2 aliphatic rings. The molecule has 5 heteroatoms. The Morgan fingerprint density at radius 1 is 1.30 bits per heavy atom. The number of ether oxygens (including phenoxy) is 2. The molecule has 1 aliphatic carbocycles. The van der Waals surface area contributed by atoms with E-state index in [1.54, 1.807) is 0 Å². The number of halogens is 1. The minimum absolute atomic E-state index is 0.110. The van der Waals surface area contributed by atoms with Crippen LogP contribution in [0.2, 0.25) is 0 Å². The maximum absolute atomic E-state index is 12.3. The maximum atomic E-state index is 12.3. The molecule has 20 heavy (non-hydrogen) atoms. The summed E-state index contributed by atoms with van der Waals surface area (Å²) in [5, 5.41) is 3.05. The van der Waals surface area contributed by atoms with E-state index in [0.29, 0.717) is 23.3 Å². The van der Waals surface area contributed by atoms with Crippen molar-refractivity contribution in [2.24, 2.45) is 5.92 Å². The van der Waals surface area contributed by atoms with Crippen LogP contribution in [0.1, 0.15) is 19.3 Å². The van der Waals surface area contributed by atoms with E-state index in [0.717, 1.165) is 19.3 Å². The zero-order valence-electron chi connectivity index (χ0n) is 11.2. The van der Waals surface area contributed by atoms with Gasteiger partial charge in [-0.1, -0.05) is 18.6 Å². The predicted octanol–water partition coefficient (Wildman–Crippen LogP) is 2.35. The molecule has 0 bridgehead atoms. The highest BCUT2D eigenvalue weighted by molar-refractivity contribution is 6.18. The summed E-state index contributed by atoms with van der Waals surface area (Å²) in [5.74, 6) is 2.17. The summed E-state index contributed by atoms with van der Waals surface area (Å²) in [6, 6.07) is 7.56. The zero-order valence-corrected chi connectivity index (χ0v) is 11.9. The Labute approximate surface area is 123 Å². The number of rotatable bonds is 3. The second-order valence-electron chi connectivity index (χ2n) is 5.32. The monoisotopic (exact) mass is 295 g/mol. The van der Waals surface area contributed by atoms with Gasteiger partial charge in [0.05, 0.1) is 0 Å². The lowest BCUT2D eigenvalue weighted by Crippen LogP contribution is -2.48. The van der Waals surface area contributed by atoms with E-state index in [1.807, 2.05) is 24.3 Å². The van der Waals surface area contributed by atoms with E-state index in [1.165, 1.54) is 0 Å². The first-order chi connectivity index (χ1) is 9.78. The average Bonchev–Trinajstić information content (AvgIpc) is 2.94. The van der Waals surface area contributed by atoms with Crippen molar-refractivity contribution < 1.29 is 14.3 Å². The molecule has 1 aromatic carbocycles. The van der Waals surface area contributed by atoms with E-state index in [4.69, 9.17) is 21.1 Å². The molecular formula is C15H18ClNO3. The molecule has 1 aliphatic heterocycles. The molecule has 3 atom stereocenters. The van der Waals surface area contributed by atoms with Gasteiger partial charge in [0.1, 0.15) is 6.61 Å². The van der Waals surface area contributed by atoms with Crippen molar-refractivity contribution in [3.63, 3.8) is 0 Å². The number of hydrogen-bond acceptors (Lipinski definition) is 3. The highest BCUT2D eigenvalue weighted by Gasteiger charge is 2.32. The normalized spacial score (nSPS) is 28.1. The SMILES string of the molecule is O=C(NC1CCCC1CCl)C1COc2ccccc2O1. The summed E-state index contributed by atoms with van der Waals surface area (Å²) in [6.07, 6.45) is 2.61. The standard InChI is InChI=1S/C15H18ClNO3/c16-8-10-4-3-5-11(10)17-15(18)14-9-19-12-6-1-2-7-13(12)20-14/h1-2,6-7,10-11,14H,3-5,8-9H2,(H,17,18). The lowest BCUT2D eigenvalue weighted by molar-refractivity contribution is -0.131. The summed E-state index contributed by atoms with van der Waals surface area (Å²) in [5.41, 5.74) is 0. The third-order valence-corrected chi connectivity index (χ3v) is 4.38. The van der Waals surface area contributed by atoms with Crippen LogP contribution in [0.15, 0.2) is 24.3 Å². The topological polar surface area (TPSA) is 47.6 Å². The number of benzene rings is 1. The largest absolute Gasteiger partial charge is 0.485 e. The Kier molecular flexibility index (Phi) is 4.01. The van der Waals surface area contributed by atoms with Gasteiger partial charge in [-0.3, -0.25) is 4.79 Å². The Hall–Kier alpha value is -1.42. The van der Waals surface area contributed by atoms with Gasteiger partial charge in [0.25, 0.3) is 5.91 Å². The van der Waals surface area contributed by atoms with E-state index in [-0.39, 0.29) is 18.6 Å². The molecule has 4 nitrogen and oxygen atoms in total. The predicted molar refractivity (Wildman–Crippen MR) is 76.3 cm³/mol. The van der Waals surface area contributed by atoms with Gasteiger partial charge in [-0.25, -0.2) is 0 Å². The third-order valence-electron chi connectivity index (χ3n) is 3.99. The molecule has 1 amide bonds. The van der Waals surface area contributed by atoms with Crippen LogP contribution in [0, 0.1) is 5.92 Å². The number of amides is 1. The summed E-state index contributed by atoms with van der Waals surface area (Å²) in [6.45, 7) is 0.251. The van der Waals surface area contributed by atoms with Gasteiger partial charge in [-0.2, -0.15) is 0 Å². The van der Waals surface area contributed by atoms with Crippen LogP contribution in [0.3, 0.4) is 0 Å². The highest BCUT2D eigenvalue weighted by atomic mass is 35.5. The van der Waals surface area contributed by atoms with Crippen molar-refractivity contribution in [3.8, 4) is 11.5 Å². The molecule has 1 aromatic rings. The highest BCUT2D eigenvalue weighted by Crippen LogP contribution is 2.31. The average molecular weight is 296 g/mol. The summed E-state index contributed by atoms with van der Waals surface area (Å²) in [4.78, 5) is 12.3. The van der Waals surface area contributed by atoms with Crippen LogP contribution in [0.25, 0.3) is 0 Å². The van der Waals surface area contributed by atoms with Crippen molar-refractivity contribution in [2.45, 2.75) is 31.4 Å². The molecule has 1 N–H and O–H groups in total. The molecule has 108 valence electrons. The van der Waals surface area contributed by atoms with Crippen molar-refractivity contribution in [2.75, 3.05) is 12.5 Å². The van der Waals surface area contributed by atoms with Crippen molar-refractivity contribution in [1.82, 2.24) is 5.32 Å². The second kappa shape index (κ2) is 5.92. The van der Waals surface area contributed by atoms with E-state index < -0.39 is 6.10 Å². The van der Waals surface area contributed by atoms with Crippen LogP contribution < -0.4 is 14.8 Å². The Morgan fingerprint density at radius 2 is 2.10 bits per heavy atom. The second-order valence-corrected chi connectivity index (χ2v) is 5.63. The smallest absolute Gasteiger partial charge is 0.264 e. The molecular weight excluding hydrogens is 278 g/mol. The molecule has 3 unspecified atom stereocenters. The van der Waals surface area contributed by atoms with Gasteiger partial charge < -0.3 is 14.8 Å². The number of fused-ring (bicyclic) bond motifs is 1. The van der Waals surface area contributed by atoms with Crippen LogP contribution in [0.5, 0.6) is 11.5 Å². The van der Waals surface area contributed by atoms with E-state index >= 15 is 0 Å². The number of nitrogens with one attached hydrogen (secondary N) is 1. The molecule has 3 rings (SSSR count). The first-order valence-electron chi connectivity index (χ1n) is 7.03. The zero-order chi connectivity index (χ0) is 13.9. The quantitative estimate of drug-likeness (QED) is 0.871. The van der Waals surface area contributed by atoms with Crippen molar-refractivity contribution in [3.05, 3.63) is 24.3 Å². The molecule has 1 fully saturated rings. The minimum atomic E-state index is -0.582. The fraction of sp³-hybridized carbons (Fsp3) is 0.533. The van der Waals surface area contributed by atoms with Crippen molar-refractivity contribution in [1.29, 1.82) is 0 Å². The van der Waals surface area contributed by atoms with Crippen LogP contribution >= 0.6 is 11.6 Å². The van der Waals surface area contributed by atoms with Gasteiger partial charge in [0, 0.05) is 11.9 Å². The maximum Gasteiger partial charge on any atom is 0.264 e. The van der Waals surface area contributed by atoms with E-state index in [9.17, 15) is 4.79 Å². The third kappa shape index (κ3) is 2.70.